The molecule has 4 heteroatoms. The number of hydrogen-bond acceptors (Lipinski definition) is 3. The van der Waals surface area contributed by atoms with Gasteiger partial charge in [-0.2, -0.15) is 0 Å². The average Bonchev–Trinajstić information content (AvgIpc) is 2.38. The molecule has 3 nitrogen and oxygen atoms in total. The summed E-state index contributed by atoms with van der Waals surface area (Å²) < 4.78 is 5.27. The van der Waals surface area contributed by atoms with Crippen LogP contribution in [0.4, 0.5) is 11.4 Å². The molecule has 0 aliphatic rings. The third-order valence-electron chi connectivity index (χ3n) is 2.65. The lowest BCUT2D eigenvalue weighted by Gasteiger charge is -2.12. The maximum atomic E-state index is 6.10. The van der Waals surface area contributed by atoms with Crippen LogP contribution >= 0.6 is 11.6 Å². The van der Waals surface area contributed by atoms with E-state index in [0.29, 0.717) is 12.2 Å². The van der Waals surface area contributed by atoms with Crippen LogP contribution in [-0.4, -0.2) is 7.11 Å². The summed E-state index contributed by atoms with van der Waals surface area (Å²) in [4.78, 5) is 0. The Labute approximate surface area is 112 Å². The molecule has 3 N–H and O–H groups in total. The number of nitrogen functional groups attached to an aromatic ring is 1. The lowest BCUT2D eigenvalue weighted by Crippen LogP contribution is -2.02. The van der Waals surface area contributed by atoms with Crippen molar-refractivity contribution in [2.24, 2.45) is 0 Å². The van der Waals surface area contributed by atoms with E-state index in [1.807, 2.05) is 36.4 Å². The van der Waals surface area contributed by atoms with Crippen LogP contribution in [-0.2, 0) is 6.54 Å². The number of anilines is 2. The summed E-state index contributed by atoms with van der Waals surface area (Å²) in [5, 5.41) is 4.02. The molecule has 2 aromatic carbocycles. The molecule has 0 saturated carbocycles. The number of benzene rings is 2. The third-order valence-corrected chi connectivity index (χ3v) is 3.02. The highest BCUT2D eigenvalue weighted by Crippen LogP contribution is 2.27. The Morgan fingerprint density at radius 3 is 2.72 bits per heavy atom. The topological polar surface area (TPSA) is 47.3 Å². The number of ether oxygens (including phenoxy) is 1. The Morgan fingerprint density at radius 1 is 1.22 bits per heavy atom. The van der Waals surface area contributed by atoms with Gasteiger partial charge in [0.05, 0.1) is 12.8 Å². The normalized spacial score (nSPS) is 10.1. The van der Waals surface area contributed by atoms with Crippen molar-refractivity contribution >= 4 is 23.0 Å². The Bertz CT molecular complexity index is 543. The summed E-state index contributed by atoms with van der Waals surface area (Å²) >= 11 is 6.10. The fourth-order valence-corrected chi connectivity index (χ4v) is 1.90. The molecule has 0 radical (unpaired) electrons. The molecule has 18 heavy (non-hydrogen) atoms. The van der Waals surface area contributed by atoms with E-state index >= 15 is 0 Å². The van der Waals surface area contributed by atoms with Crippen molar-refractivity contribution in [2.45, 2.75) is 6.54 Å². The molecule has 0 saturated heterocycles. The first kappa shape index (κ1) is 12.6. The second-order valence-electron chi connectivity index (χ2n) is 3.90. The summed E-state index contributed by atoms with van der Waals surface area (Å²) in [5.74, 6) is 0.760. The molecule has 0 spiro atoms. The summed E-state index contributed by atoms with van der Waals surface area (Å²) in [6.45, 7) is 0.624. The Hall–Kier alpha value is -1.87. The van der Waals surface area contributed by atoms with Crippen molar-refractivity contribution in [3.63, 3.8) is 0 Å². The van der Waals surface area contributed by atoms with Gasteiger partial charge in [0.1, 0.15) is 5.75 Å². The predicted octanol–water partition coefficient (Wildman–Crippen LogP) is 3.54. The van der Waals surface area contributed by atoms with E-state index < -0.39 is 0 Å². The summed E-state index contributed by atoms with van der Waals surface area (Å²) in [6, 6.07) is 13.2. The van der Waals surface area contributed by atoms with Crippen LogP contribution in [0, 0.1) is 0 Å². The number of hydrogen-bond donors (Lipinski definition) is 2. The van der Waals surface area contributed by atoms with Gasteiger partial charge in [-0.25, -0.2) is 0 Å². The number of nitrogens with two attached hydrogens (primary N) is 1. The van der Waals surface area contributed by atoms with Crippen LogP contribution in [0.1, 0.15) is 5.56 Å². The maximum Gasteiger partial charge on any atom is 0.142 e. The molecular formula is C14H15ClN2O. The minimum Gasteiger partial charge on any atom is -0.495 e. The minimum absolute atomic E-state index is 0.624. The standard InChI is InChI=1S/C14H15ClN2O/c1-18-14-7-6-11(16)8-13(14)17-9-10-4-2-3-5-12(10)15/h2-8,17H,9,16H2,1H3. The van der Waals surface area contributed by atoms with E-state index in [2.05, 4.69) is 5.32 Å². The smallest absolute Gasteiger partial charge is 0.142 e. The van der Waals surface area contributed by atoms with Crippen molar-refractivity contribution in [3.8, 4) is 5.75 Å². The second-order valence-corrected chi connectivity index (χ2v) is 4.31. The van der Waals surface area contributed by atoms with Crippen LogP contribution < -0.4 is 15.8 Å². The van der Waals surface area contributed by atoms with Gasteiger partial charge in [0, 0.05) is 17.3 Å². The van der Waals surface area contributed by atoms with Crippen LogP contribution in [0.15, 0.2) is 42.5 Å². The first-order valence-corrected chi connectivity index (χ1v) is 5.99. The highest BCUT2D eigenvalue weighted by atomic mass is 35.5. The lowest BCUT2D eigenvalue weighted by molar-refractivity contribution is 0.416. The molecule has 2 rings (SSSR count). The largest absolute Gasteiger partial charge is 0.495 e. The lowest BCUT2D eigenvalue weighted by atomic mass is 10.2. The molecule has 0 bridgehead atoms. The van der Waals surface area contributed by atoms with Gasteiger partial charge in [-0.05, 0) is 29.8 Å². The van der Waals surface area contributed by atoms with Crippen LogP contribution in [0.25, 0.3) is 0 Å². The van der Waals surface area contributed by atoms with Gasteiger partial charge < -0.3 is 15.8 Å². The summed E-state index contributed by atoms with van der Waals surface area (Å²) in [6.07, 6.45) is 0. The highest BCUT2D eigenvalue weighted by molar-refractivity contribution is 6.31. The van der Waals surface area contributed by atoms with Crippen LogP contribution in [0.5, 0.6) is 5.75 Å². The molecule has 2 aromatic rings. The zero-order chi connectivity index (χ0) is 13.0. The quantitative estimate of drug-likeness (QED) is 0.829. The van der Waals surface area contributed by atoms with E-state index in [9.17, 15) is 0 Å². The first-order chi connectivity index (χ1) is 8.70. The highest BCUT2D eigenvalue weighted by Gasteiger charge is 2.04. The number of nitrogens with one attached hydrogen (secondary N) is 1. The van der Waals surface area contributed by atoms with Gasteiger partial charge in [0.25, 0.3) is 0 Å². The minimum atomic E-state index is 0.624. The molecule has 0 atom stereocenters. The van der Waals surface area contributed by atoms with E-state index in [-0.39, 0.29) is 0 Å². The van der Waals surface area contributed by atoms with Gasteiger partial charge >= 0.3 is 0 Å². The summed E-state index contributed by atoms with van der Waals surface area (Å²) in [7, 11) is 1.63. The van der Waals surface area contributed by atoms with Crippen molar-refractivity contribution in [1.29, 1.82) is 0 Å². The zero-order valence-corrected chi connectivity index (χ0v) is 10.9. The average molecular weight is 263 g/mol. The van der Waals surface area contributed by atoms with Crippen LogP contribution in [0.3, 0.4) is 0 Å². The van der Waals surface area contributed by atoms with E-state index in [1.54, 1.807) is 13.2 Å². The molecule has 0 fully saturated rings. The van der Waals surface area contributed by atoms with Gasteiger partial charge in [0.2, 0.25) is 0 Å². The Balaban J connectivity index is 2.15. The molecule has 0 aliphatic heterocycles. The van der Waals surface area contributed by atoms with Crippen molar-refractivity contribution in [2.75, 3.05) is 18.2 Å². The molecule has 0 amide bonds. The number of methoxy groups -OCH3 is 1. The van der Waals surface area contributed by atoms with E-state index in [4.69, 9.17) is 22.1 Å². The first-order valence-electron chi connectivity index (χ1n) is 5.61. The van der Waals surface area contributed by atoms with Gasteiger partial charge in [-0.3, -0.25) is 0 Å². The third kappa shape index (κ3) is 2.87. The Morgan fingerprint density at radius 2 is 2.00 bits per heavy atom. The van der Waals surface area contributed by atoms with Crippen molar-refractivity contribution < 1.29 is 4.74 Å². The summed E-state index contributed by atoms with van der Waals surface area (Å²) in [5.41, 5.74) is 8.34. The SMILES string of the molecule is COc1ccc(N)cc1NCc1ccccc1Cl. The number of halogens is 1. The zero-order valence-electron chi connectivity index (χ0n) is 10.1. The molecule has 0 unspecified atom stereocenters. The fourth-order valence-electron chi connectivity index (χ4n) is 1.70. The van der Waals surface area contributed by atoms with E-state index in [0.717, 1.165) is 22.0 Å². The van der Waals surface area contributed by atoms with Gasteiger partial charge in [-0.1, -0.05) is 29.8 Å². The van der Waals surface area contributed by atoms with Crippen molar-refractivity contribution in [1.82, 2.24) is 0 Å². The number of rotatable bonds is 4. The molecule has 94 valence electrons. The second kappa shape index (κ2) is 5.65. The molecule has 0 heterocycles. The molecular weight excluding hydrogens is 248 g/mol. The van der Waals surface area contributed by atoms with Crippen LogP contribution in [0.2, 0.25) is 5.02 Å². The van der Waals surface area contributed by atoms with Gasteiger partial charge in [-0.15, -0.1) is 0 Å². The monoisotopic (exact) mass is 262 g/mol. The maximum absolute atomic E-state index is 6.10. The molecule has 0 aliphatic carbocycles. The van der Waals surface area contributed by atoms with Crippen molar-refractivity contribution in [3.05, 3.63) is 53.1 Å². The van der Waals surface area contributed by atoms with E-state index in [1.165, 1.54) is 0 Å². The van der Waals surface area contributed by atoms with Gasteiger partial charge in [0.15, 0.2) is 0 Å². The Kier molecular flexibility index (Phi) is 3.95. The molecule has 0 aromatic heterocycles. The fraction of sp³-hybridized carbons (Fsp3) is 0.143. The predicted molar refractivity (Wildman–Crippen MR) is 76.2 cm³/mol.